The van der Waals surface area contributed by atoms with Crippen LogP contribution >= 0.6 is 0 Å². The maximum Gasteiger partial charge on any atom is 0.257 e. The van der Waals surface area contributed by atoms with Crippen molar-refractivity contribution in [2.75, 3.05) is 33.3 Å². The molecule has 0 bridgehead atoms. The number of aliphatic hydroxyl groups excluding tert-OH is 1. The Morgan fingerprint density at radius 3 is 2.17 bits per heavy atom. The van der Waals surface area contributed by atoms with Gasteiger partial charge in [0.25, 0.3) is 11.8 Å². The monoisotopic (exact) mass is 657 g/mol. The van der Waals surface area contributed by atoms with Crippen molar-refractivity contribution >= 4 is 29.5 Å². The fraction of sp³-hybridized carbons (Fsp3) is 0.686. The van der Waals surface area contributed by atoms with Crippen molar-refractivity contribution in [1.29, 1.82) is 0 Å². The molecule has 262 valence electrons. The first kappa shape index (κ1) is 37.8. The first-order chi connectivity index (χ1) is 22.2. The third-order valence-electron chi connectivity index (χ3n) is 8.65. The van der Waals surface area contributed by atoms with Gasteiger partial charge in [-0.3, -0.25) is 24.0 Å². The summed E-state index contributed by atoms with van der Waals surface area (Å²) < 4.78 is 5.75. The van der Waals surface area contributed by atoms with Crippen LogP contribution in [0.15, 0.2) is 24.3 Å². The van der Waals surface area contributed by atoms with Gasteiger partial charge in [-0.1, -0.05) is 72.4 Å². The lowest BCUT2D eigenvalue weighted by molar-refractivity contribution is -0.148. The molecule has 0 radical (unpaired) electrons. The summed E-state index contributed by atoms with van der Waals surface area (Å²) in [6.45, 7) is 10.2. The third kappa shape index (κ3) is 11.2. The van der Waals surface area contributed by atoms with Gasteiger partial charge in [0.1, 0.15) is 23.9 Å². The van der Waals surface area contributed by atoms with Gasteiger partial charge >= 0.3 is 0 Å². The van der Waals surface area contributed by atoms with E-state index in [1.165, 1.54) is 9.80 Å². The summed E-state index contributed by atoms with van der Waals surface area (Å²) in [6, 6.07) is 3.74. The minimum atomic E-state index is -1.02. The molecule has 2 heterocycles. The van der Waals surface area contributed by atoms with Gasteiger partial charge in [0.05, 0.1) is 11.7 Å². The number of carbonyl (C=O) groups excluding carboxylic acids is 5. The summed E-state index contributed by atoms with van der Waals surface area (Å²) in [5.74, 6) is -2.04. The molecule has 4 N–H and O–H groups in total. The normalized spacial score (nSPS) is 25.5. The molecule has 0 unspecified atom stereocenters. The van der Waals surface area contributed by atoms with Crippen molar-refractivity contribution < 1.29 is 33.8 Å². The fourth-order valence-corrected chi connectivity index (χ4v) is 6.31. The lowest BCUT2D eigenvalue weighted by atomic mass is 9.87. The van der Waals surface area contributed by atoms with E-state index in [0.717, 1.165) is 38.5 Å². The number of aliphatic hydroxyl groups is 1. The molecule has 47 heavy (non-hydrogen) atoms. The van der Waals surface area contributed by atoms with Crippen molar-refractivity contribution in [3.63, 3.8) is 0 Å². The molecule has 5 amide bonds. The maximum atomic E-state index is 14.2. The minimum Gasteiger partial charge on any atom is -0.483 e. The molecule has 12 nitrogen and oxygen atoms in total. The molecule has 4 atom stereocenters. The zero-order chi connectivity index (χ0) is 34.7. The molecule has 0 aromatic heterocycles. The molecule has 1 saturated heterocycles. The van der Waals surface area contributed by atoms with E-state index in [1.807, 2.05) is 34.6 Å². The van der Waals surface area contributed by atoms with Gasteiger partial charge in [0.15, 0.2) is 6.61 Å². The summed E-state index contributed by atoms with van der Waals surface area (Å²) in [7, 11) is 1.57. The highest BCUT2D eigenvalue weighted by molar-refractivity contribution is 6.00. The standard InChI is InChI=1S/C35H55N5O7/c1-23(2)30-32(44)37-18-14-10-8-7-9-13-17-36-29(42)22-47-28-16-12-11-15-25(28)31(43)38-26(20-35(3,4)5)33(45)40-21-24(41)19-27(40)34(46)39(30)6/h11-12,15-16,23-24,26-27,30,41H,7-10,13-14,17-22H2,1-6H3,(H,36,42)(H,37,44)(H,38,43)/t24-,26+,27+,30-/m0/s1. The maximum absolute atomic E-state index is 14.2. The number of para-hydroxylation sites is 1. The second kappa shape index (κ2) is 17.5. The number of hydrogen-bond acceptors (Lipinski definition) is 7. The van der Waals surface area contributed by atoms with E-state index in [9.17, 15) is 29.1 Å². The molecule has 1 fully saturated rings. The summed E-state index contributed by atoms with van der Waals surface area (Å²) in [5.41, 5.74) is -0.226. The van der Waals surface area contributed by atoms with Crippen LogP contribution < -0.4 is 20.7 Å². The van der Waals surface area contributed by atoms with Crippen LogP contribution in [-0.4, -0.2) is 102 Å². The van der Waals surface area contributed by atoms with Gasteiger partial charge in [-0.05, 0) is 42.7 Å². The summed E-state index contributed by atoms with van der Waals surface area (Å²) in [6.07, 6.45) is 4.89. The van der Waals surface area contributed by atoms with Crippen LogP contribution in [0.25, 0.3) is 0 Å². The highest BCUT2D eigenvalue weighted by Gasteiger charge is 2.45. The largest absolute Gasteiger partial charge is 0.483 e. The molecule has 1 aromatic rings. The van der Waals surface area contributed by atoms with E-state index in [-0.39, 0.29) is 55.0 Å². The van der Waals surface area contributed by atoms with E-state index >= 15 is 0 Å². The van der Waals surface area contributed by atoms with Crippen LogP contribution in [0.4, 0.5) is 0 Å². The van der Waals surface area contributed by atoms with Crippen molar-refractivity contribution in [2.45, 2.75) is 110 Å². The molecular weight excluding hydrogens is 602 g/mol. The molecule has 0 saturated carbocycles. The van der Waals surface area contributed by atoms with Crippen LogP contribution in [0.3, 0.4) is 0 Å². The number of fused-ring (bicyclic) bond motifs is 2. The quantitative estimate of drug-likeness (QED) is 0.381. The van der Waals surface area contributed by atoms with Gasteiger partial charge in [-0.25, -0.2) is 0 Å². The molecule has 0 aliphatic carbocycles. The Labute approximate surface area is 279 Å². The Hall–Kier alpha value is -3.67. The number of rotatable bonds is 2. The number of nitrogens with zero attached hydrogens (tertiary/aromatic N) is 2. The number of likely N-dealkylation sites (N-methyl/N-ethyl adjacent to an activating group) is 1. The second-order valence-electron chi connectivity index (χ2n) is 14.4. The molecule has 1 aromatic carbocycles. The minimum absolute atomic E-state index is 0.0241. The zero-order valence-corrected chi connectivity index (χ0v) is 29.0. The molecule has 3 rings (SSSR count). The van der Waals surface area contributed by atoms with Crippen molar-refractivity contribution in [2.24, 2.45) is 11.3 Å². The second-order valence-corrected chi connectivity index (χ2v) is 14.4. The van der Waals surface area contributed by atoms with Gasteiger partial charge in [-0.2, -0.15) is 0 Å². The van der Waals surface area contributed by atoms with Crippen LogP contribution in [-0.2, 0) is 19.2 Å². The van der Waals surface area contributed by atoms with E-state index in [4.69, 9.17) is 4.74 Å². The van der Waals surface area contributed by atoms with Crippen LogP contribution in [0.1, 0.15) is 96.3 Å². The average molecular weight is 658 g/mol. The average Bonchev–Trinajstić information content (AvgIpc) is 3.40. The predicted molar refractivity (Wildman–Crippen MR) is 179 cm³/mol. The first-order valence-electron chi connectivity index (χ1n) is 17.0. The smallest absolute Gasteiger partial charge is 0.257 e. The molecule has 2 aliphatic rings. The van der Waals surface area contributed by atoms with Gasteiger partial charge in [0, 0.05) is 33.1 Å². The number of hydrogen-bond donors (Lipinski definition) is 4. The van der Waals surface area contributed by atoms with Crippen LogP contribution in [0, 0.1) is 11.3 Å². The lowest BCUT2D eigenvalue weighted by Gasteiger charge is -2.36. The predicted octanol–water partition coefficient (Wildman–Crippen LogP) is 2.63. The van der Waals surface area contributed by atoms with Gasteiger partial charge in [-0.15, -0.1) is 0 Å². The number of ether oxygens (including phenoxy) is 1. The highest BCUT2D eigenvalue weighted by atomic mass is 16.5. The summed E-state index contributed by atoms with van der Waals surface area (Å²) in [5, 5.41) is 19.4. The molecule has 2 aliphatic heterocycles. The Morgan fingerprint density at radius 2 is 1.53 bits per heavy atom. The summed E-state index contributed by atoms with van der Waals surface area (Å²) >= 11 is 0. The van der Waals surface area contributed by atoms with Crippen molar-refractivity contribution in [3.05, 3.63) is 29.8 Å². The molecule has 12 heteroatoms. The molecular formula is C35H55N5O7. The van der Waals surface area contributed by atoms with Gasteiger partial charge < -0.3 is 35.6 Å². The van der Waals surface area contributed by atoms with Crippen molar-refractivity contribution in [1.82, 2.24) is 25.8 Å². The zero-order valence-electron chi connectivity index (χ0n) is 29.0. The Kier molecular flexibility index (Phi) is 14.0. The van der Waals surface area contributed by atoms with E-state index < -0.39 is 47.4 Å². The summed E-state index contributed by atoms with van der Waals surface area (Å²) in [4.78, 5) is 70.3. The number of nitrogens with one attached hydrogen (secondary N) is 3. The van der Waals surface area contributed by atoms with E-state index in [1.54, 1.807) is 31.3 Å². The van der Waals surface area contributed by atoms with Crippen molar-refractivity contribution in [3.8, 4) is 5.75 Å². The van der Waals surface area contributed by atoms with Crippen LogP contribution in [0.5, 0.6) is 5.75 Å². The molecule has 0 spiro atoms. The Bertz CT molecular complexity index is 1250. The first-order valence-corrected chi connectivity index (χ1v) is 17.0. The lowest BCUT2D eigenvalue weighted by Crippen LogP contribution is -2.58. The number of carbonyl (C=O) groups is 5. The fourth-order valence-electron chi connectivity index (χ4n) is 6.31. The van der Waals surface area contributed by atoms with E-state index in [0.29, 0.717) is 13.1 Å². The van der Waals surface area contributed by atoms with Gasteiger partial charge in [0.2, 0.25) is 17.7 Å². The SMILES string of the molecule is CC(C)[C@H]1C(=O)NCCCCCCCCNC(=O)COc2ccccc2C(=O)N[C@H](CC(C)(C)C)C(=O)N2C[C@@H](O)C[C@@H]2C(=O)N1C. The third-order valence-corrected chi connectivity index (χ3v) is 8.65. The Balaban J connectivity index is 1.92. The number of amides is 5. The highest BCUT2D eigenvalue weighted by Crippen LogP contribution is 2.28. The van der Waals surface area contributed by atoms with Crippen LogP contribution in [0.2, 0.25) is 0 Å². The topological polar surface area (TPSA) is 157 Å². The number of benzene rings is 1. The van der Waals surface area contributed by atoms with E-state index in [2.05, 4.69) is 16.0 Å². The Morgan fingerprint density at radius 1 is 0.915 bits per heavy atom.